The zero-order chi connectivity index (χ0) is 17.9. The molecule has 1 fully saturated rings. The number of hydrogen-bond donors (Lipinski definition) is 1. The summed E-state index contributed by atoms with van der Waals surface area (Å²) in [5, 5.41) is 2.95. The third kappa shape index (κ3) is 4.49. The molecule has 0 radical (unpaired) electrons. The number of likely N-dealkylation sites (tertiary alicyclic amines) is 1. The highest BCUT2D eigenvalue weighted by Crippen LogP contribution is 2.24. The zero-order valence-corrected chi connectivity index (χ0v) is 15.5. The van der Waals surface area contributed by atoms with E-state index < -0.39 is 0 Å². The molecule has 1 aliphatic heterocycles. The summed E-state index contributed by atoms with van der Waals surface area (Å²) in [6, 6.07) is 5.40. The van der Waals surface area contributed by atoms with E-state index in [0.29, 0.717) is 17.8 Å². The number of carbonyl (C=O) groups excluding carboxylic acids is 2. The summed E-state index contributed by atoms with van der Waals surface area (Å²) in [6.07, 6.45) is 2.10. The van der Waals surface area contributed by atoms with Gasteiger partial charge in [0.05, 0.1) is 11.3 Å². The molecule has 0 atom stereocenters. The summed E-state index contributed by atoms with van der Waals surface area (Å²) in [4.78, 5) is 28.8. The van der Waals surface area contributed by atoms with Crippen LogP contribution in [0.1, 0.15) is 49.5 Å². The number of aryl methyl sites for hydroxylation is 1. The van der Waals surface area contributed by atoms with Crippen molar-refractivity contribution >= 4 is 17.6 Å². The lowest BCUT2D eigenvalue weighted by Gasteiger charge is -2.27. The highest BCUT2D eigenvalue weighted by atomic mass is 16.2. The Bertz CT molecular complexity index is 614. The Labute approximate surface area is 145 Å². The molecule has 5 nitrogen and oxygen atoms in total. The van der Waals surface area contributed by atoms with Crippen LogP contribution in [0, 0.1) is 12.3 Å². The largest absolute Gasteiger partial charge is 0.339 e. The van der Waals surface area contributed by atoms with Gasteiger partial charge < -0.3 is 15.1 Å². The van der Waals surface area contributed by atoms with Crippen molar-refractivity contribution in [1.82, 2.24) is 9.80 Å². The van der Waals surface area contributed by atoms with Crippen LogP contribution in [0.2, 0.25) is 0 Å². The summed E-state index contributed by atoms with van der Waals surface area (Å²) in [7, 11) is 1.78. The first-order valence-electron chi connectivity index (χ1n) is 8.60. The van der Waals surface area contributed by atoms with Crippen molar-refractivity contribution < 1.29 is 9.59 Å². The molecular formula is C19H29N3O2. The molecule has 1 aliphatic rings. The number of urea groups is 1. The summed E-state index contributed by atoms with van der Waals surface area (Å²) in [5.74, 6) is 0.00461. The predicted molar refractivity (Wildman–Crippen MR) is 97.4 cm³/mol. The molecule has 0 aliphatic carbocycles. The second-order valence-corrected chi connectivity index (χ2v) is 7.84. The van der Waals surface area contributed by atoms with Gasteiger partial charge in [-0.1, -0.05) is 32.9 Å². The average Bonchev–Trinajstić information content (AvgIpc) is 3.01. The molecular weight excluding hydrogens is 302 g/mol. The third-order valence-corrected chi connectivity index (χ3v) is 4.19. The van der Waals surface area contributed by atoms with Crippen LogP contribution in [-0.4, -0.2) is 48.4 Å². The standard InChI is InChI=1S/C19H29N3O2/c1-14-9-8-10-15(17(23)22-11-6-7-12-22)16(14)20-18(24)21(5)13-19(2,3)4/h8-10H,6-7,11-13H2,1-5H3,(H,20,24). The molecule has 0 saturated carbocycles. The molecule has 1 aromatic rings. The van der Waals surface area contributed by atoms with E-state index in [4.69, 9.17) is 0 Å². The number of rotatable bonds is 3. The fourth-order valence-electron chi connectivity index (χ4n) is 3.09. The summed E-state index contributed by atoms with van der Waals surface area (Å²) >= 11 is 0. The van der Waals surface area contributed by atoms with Crippen LogP contribution in [-0.2, 0) is 0 Å². The highest BCUT2D eigenvalue weighted by Gasteiger charge is 2.24. The first-order valence-corrected chi connectivity index (χ1v) is 8.60. The molecule has 1 heterocycles. The van der Waals surface area contributed by atoms with Crippen molar-refractivity contribution in [2.75, 3.05) is 32.0 Å². The molecule has 0 aromatic heterocycles. The van der Waals surface area contributed by atoms with Crippen LogP contribution in [0.25, 0.3) is 0 Å². The highest BCUT2D eigenvalue weighted by molar-refractivity contribution is 6.04. The Morgan fingerprint density at radius 2 is 1.83 bits per heavy atom. The van der Waals surface area contributed by atoms with Crippen molar-refractivity contribution in [3.63, 3.8) is 0 Å². The SMILES string of the molecule is Cc1cccc(C(=O)N2CCCC2)c1NC(=O)N(C)CC(C)(C)C. The molecule has 132 valence electrons. The second-order valence-electron chi connectivity index (χ2n) is 7.84. The van der Waals surface area contributed by atoms with Gasteiger partial charge >= 0.3 is 6.03 Å². The first-order chi connectivity index (χ1) is 11.2. The second kappa shape index (κ2) is 7.24. The van der Waals surface area contributed by atoms with Crippen LogP contribution < -0.4 is 5.32 Å². The maximum Gasteiger partial charge on any atom is 0.321 e. The van der Waals surface area contributed by atoms with Gasteiger partial charge in [0.15, 0.2) is 0 Å². The van der Waals surface area contributed by atoms with Crippen molar-refractivity contribution in [3.05, 3.63) is 29.3 Å². The van der Waals surface area contributed by atoms with E-state index in [1.807, 2.05) is 24.0 Å². The van der Waals surface area contributed by atoms with E-state index in [2.05, 4.69) is 26.1 Å². The van der Waals surface area contributed by atoms with Crippen LogP contribution in [0.5, 0.6) is 0 Å². The van der Waals surface area contributed by atoms with Crippen LogP contribution in [0.3, 0.4) is 0 Å². The number of nitrogens with one attached hydrogen (secondary N) is 1. The smallest absolute Gasteiger partial charge is 0.321 e. The van der Waals surface area contributed by atoms with E-state index in [9.17, 15) is 9.59 Å². The number of benzene rings is 1. The quantitative estimate of drug-likeness (QED) is 0.917. The van der Waals surface area contributed by atoms with Gasteiger partial charge in [0.25, 0.3) is 5.91 Å². The van der Waals surface area contributed by atoms with Crippen LogP contribution in [0.15, 0.2) is 18.2 Å². The minimum absolute atomic E-state index is 0.00461. The Morgan fingerprint density at radius 1 is 1.21 bits per heavy atom. The fraction of sp³-hybridized carbons (Fsp3) is 0.579. The van der Waals surface area contributed by atoms with E-state index in [0.717, 1.165) is 31.5 Å². The number of hydrogen-bond acceptors (Lipinski definition) is 2. The summed E-state index contributed by atoms with van der Waals surface area (Å²) in [5.41, 5.74) is 2.12. The zero-order valence-electron chi connectivity index (χ0n) is 15.5. The molecule has 1 saturated heterocycles. The molecule has 24 heavy (non-hydrogen) atoms. The molecule has 2 rings (SSSR count). The molecule has 5 heteroatoms. The summed E-state index contributed by atoms with van der Waals surface area (Å²) < 4.78 is 0. The lowest BCUT2D eigenvalue weighted by molar-refractivity contribution is 0.0793. The third-order valence-electron chi connectivity index (χ3n) is 4.19. The van der Waals surface area contributed by atoms with Crippen LogP contribution in [0.4, 0.5) is 10.5 Å². The van der Waals surface area contributed by atoms with Crippen molar-refractivity contribution in [3.8, 4) is 0 Å². The Hall–Kier alpha value is -2.04. The van der Waals surface area contributed by atoms with Crippen LogP contribution >= 0.6 is 0 Å². The maximum atomic E-state index is 12.8. The van der Waals surface area contributed by atoms with Crippen molar-refractivity contribution in [1.29, 1.82) is 0 Å². The normalized spacial score (nSPS) is 14.6. The van der Waals surface area contributed by atoms with Gasteiger partial charge in [-0.15, -0.1) is 0 Å². The van der Waals surface area contributed by atoms with Gasteiger partial charge in [0, 0.05) is 26.7 Å². The number of carbonyl (C=O) groups is 2. The van der Waals surface area contributed by atoms with Gasteiger partial charge in [0.2, 0.25) is 0 Å². The van der Waals surface area contributed by atoms with Gasteiger partial charge in [-0.3, -0.25) is 4.79 Å². The predicted octanol–water partition coefficient (Wildman–Crippen LogP) is 3.74. The number of para-hydroxylation sites is 1. The minimum atomic E-state index is -0.185. The average molecular weight is 331 g/mol. The van der Waals surface area contributed by atoms with Crippen molar-refractivity contribution in [2.24, 2.45) is 5.41 Å². The minimum Gasteiger partial charge on any atom is -0.339 e. The maximum absolute atomic E-state index is 12.8. The Balaban J connectivity index is 2.20. The lowest BCUT2D eigenvalue weighted by Crippen LogP contribution is -2.38. The van der Waals surface area contributed by atoms with E-state index >= 15 is 0 Å². The molecule has 1 aromatic carbocycles. The Kier molecular flexibility index (Phi) is 5.52. The fourth-order valence-corrected chi connectivity index (χ4v) is 3.09. The topological polar surface area (TPSA) is 52.7 Å². The number of nitrogens with zero attached hydrogens (tertiary/aromatic N) is 2. The first kappa shape index (κ1) is 18.3. The van der Waals surface area contributed by atoms with E-state index in [-0.39, 0.29) is 17.4 Å². The molecule has 3 amide bonds. The van der Waals surface area contributed by atoms with Gasteiger partial charge in [-0.2, -0.15) is 0 Å². The molecule has 0 bridgehead atoms. The molecule has 0 unspecified atom stereocenters. The van der Waals surface area contributed by atoms with E-state index in [1.165, 1.54) is 0 Å². The number of anilines is 1. The van der Waals surface area contributed by atoms with Gasteiger partial charge in [0.1, 0.15) is 0 Å². The van der Waals surface area contributed by atoms with Gasteiger partial charge in [-0.25, -0.2) is 4.79 Å². The van der Waals surface area contributed by atoms with E-state index in [1.54, 1.807) is 18.0 Å². The molecule has 1 N–H and O–H groups in total. The monoisotopic (exact) mass is 331 g/mol. The molecule has 0 spiro atoms. The summed E-state index contributed by atoms with van der Waals surface area (Å²) in [6.45, 7) is 10.4. The lowest BCUT2D eigenvalue weighted by atomic mass is 9.96. The number of amides is 3. The van der Waals surface area contributed by atoms with Crippen molar-refractivity contribution in [2.45, 2.75) is 40.5 Å². The van der Waals surface area contributed by atoms with Gasteiger partial charge in [-0.05, 0) is 36.8 Å². The Morgan fingerprint density at radius 3 is 2.42 bits per heavy atom.